The van der Waals surface area contributed by atoms with Gasteiger partial charge in [0.2, 0.25) is 21.8 Å². The Kier molecular flexibility index (Phi) is 9.88. The SMILES string of the molecule is N=C(N)N1CCC([C@@H](NS(=O)(=O)Cc2ccccc2)C(=O)NCC(=O)N[C@H]2CCCN(C(=N)N)C2O)CC1. The number of carbonyl (C=O) groups is 2. The van der Waals surface area contributed by atoms with Crippen molar-refractivity contribution >= 4 is 33.8 Å². The van der Waals surface area contributed by atoms with Crippen LogP contribution in [0.5, 0.6) is 0 Å². The number of aliphatic hydroxyl groups is 1. The third-order valence-electron chi connectivity index (χ3n) is 6.81. The molecule has 0 spiro atoms. The van der Waals surface area contributed by atoms with Gasteiger partial charge in [0.15, 0.2) is 11.9 Å². The molecule has 3 atom stereocenters. The molecule has 2 saturated heterocycles. The molecule has 1 aromatic carbocycles. The molecule has 0 radical (unpaired) electrons. The molecule has 2 aliphatic heterocycles. The van der Waals surface area contributed by atoms with Gasteiger partial charge in [-0.1, -0.05) is 30.3 Å². The molecule has 1 unspecified atom stereocenters. The molecule has 15 heteroatoms. The highest BCUT2D eigenvalue weighted by atomic mass is 32.2. The normalized spacial score (nSPS) is 21.4. The number of rotatable bonds is 9. The number of nitrogens with two attached hydrogens (primary N) is 2. The van der Waals surface area contributed by atoms with Gasteiger partial charge in [-0.25, -0.2) is 13.1 Å². The summed E-state index contributed by atoms with van der Waals surface area (Å²) in [7, 11) is -3.90. The summed E-state index contributed by atoms with van der Waals surface area (Å²) in [6.07, 6.45) is 0.768. The van der Waals surface area contributed by atoms with Crippen LogP contribution < -0.4 is 26.8 Å². The molecule has 0 saturated carbocycles. The van der Waals surface area contributed by atoms with Crippen LogP contribution in [0.15, 0.2) is 30.3 Å². The zero-order valence-corrected chi connectivity index (χ0v) is 21.9. The number of guanidine groups is 2. The Morgan fingerprint density at radius 2 is 1.71 bits per heavy atom. The first-order valence-electron chi connectivity index (χ1n) is 12.5. The standard InChI is InChI=1S/C23H37N9O5S/c24-22(25)31-11-8-16(9-12-31)19(30-38(36,37)14-15-5-2-1-3-6-15)20(34)28-13-18(33)29-17-7-4-10-32(21(17)35)23(26)27/h1-3,5-6,16-17,19,21,30,35H,4,7-14H2,(H3,24,25)(H3,26,27)(H,28,34)(H,29,33)/t17-,19+,21?/m0/s1. The van der Waals surface area contributed by atoms with Crippen molar-refractivity contribution < 1.29 is 23.1 Å². The first-order chi connectivity index (χ1) is 18.0. The lowest BCUT2D eigenvalue weighted by Gasteiger charge is -2.38. The van der Waals surface area contributed by atoms with E-state index in [1.54, 1.807) is 35.2 Å². The molecule has 0 aromatic heterocycles. The number of hydrogen-bond donors (Lipinski definition) is 8. The number of nitrogens with one attached hydrogen (secondary N) is 5. The van der Waals surface area contributed by atoms with E-state index in [0.29, 0.717) is 50.9 Å². The Balaban J connectivity index is 1.64. The highest BCUT2D eigenvalue weighted by molar-refractivity contribution is 7.88. The molecular weight excluding hydrogens is 514 g/mol. The lowest BCUT2D eigenvalue weighted by atomic mass is 9.89. The molecule has 14 nitrogen and oxygen atoms in total. The van der Waals surface area contributed by atoms with E-state index in [0.717, 1.165) is 0 Å². The number of likely N-dealkylation sites (tertiary alicyclic amines) is 2. The molecule has 210 valence electrons. The Bertz CT molecular complexity index is 1110. The van der Waals surface area contributed by atoms with Crippen LogP contribution in [0.25, 0.3) is 0 Å². The van der Waals surface area contributed by atoms with Crippen LogP contribution in [0.3, 0.4) is 0 Å². The number of benzene rings is 1. The van der Waals surface area contributed by atoms with Gasteiger partial charge < -0.3 is 37.0 Å². The van der Waals surface area contributed by atoms with Crippen LogP contribution in [0.2, 0.25) is 0 Å². The summed E-state index contributed by atoms with van der Waals surface area (Å²) in [4.78, 5) is 28.7. The summed E-state index contributed by atoms with van der Waals surface area (Å²) in [5.74, 6) is -2.28. The summed E-state index contributed by atoms with van der Waals surface area (Å²) in [5, 5.41) is 30.7. The van der Waals surface area contributed by atoms with E-state index < -0.39 is 46.7 Å². The largest absolute Gasteiger partial charge is 0.371 e. The van der Waals surface area contributed by atoms with E-state index in [9.17, 15) is 23.1 Å². The van der Waals surface area contributed by atoms with Crippen molar-refractivity contribution in [1.29, 1.82) is 10.8 Å². The number of carbonyl (C=O) groups excluding carboxylic acids is 2. The lowest BCUT2D eigenvalue weighted by Crippen LogP contribution is -2.60. The van der Waals surface area contributed by atoms with Gasteiger partial charge in [0.05, 0.1) is 18.3 Å². The molecular formula is C23H37N9O5S. The Morgan fingerprint density at radius 3 is 2.32 bits per heavy atom. The van der Waals surface area contributed by atoms with Gasteiger partial charge in [-0.3, -0.25) is 20.4 Å². The number of nitrogens with zero attached hydrogens (tertiary/aromatic N) is 2. The second kappa shape index (κ2) is 12.9. The van der Waals surface area contributed by atoms with Gasteiger partial charge in [0.25, 0.3) is 0 Å². The predicted octanol–water partition coefficient (Wildman–Crippen LogP) is -2.01. The quantitative estimate of drug-likeness (QED) is 0.125. The minimum Gasteiger partial charge on any atom is -0.371 e. The van der Waals surface area contributed by atoms with Crippen molar-refractivity contribution in [2.45, 2.75) is 49.7 Å². The third-order valence-corrected chi connectivity index (χ3v) is 8.14. The summed E-state index contributed by atoms with van der Waals surface area (Å²) in [6, 6.07) is 6.78. The molecule has 2 amide bonds. The van der Waals surface area contributed by atoms with Crippen molar-refractivity contribution in [2.24, 2.45) is 17.4 Å². The first-order valence-corrected chi connectivity index (χ1v) is 14.1. The van der Waals surface area contributed by atoms with Gasteiger partial charge in [-0.05, 0) is 37.2 Å². The van der Waals surface area contributed by atoms with Gasteiger partial charge in [0.1, 0.15) is 12.3 Å². The van der Waals surface area contributed by atoms with Crippen molar-refractivity contribution in [2.75, 3.05) is 26.2 Å². The molecule has 0 bridgehead atoms. The predicted molar refractivity (Wildman–Crippen MR) is 141 cm³/mol. The summed E-state index contributed by atoms with van der Waals surface area (Å²) in [5.41, 5.74) is 11.6. The second-order valence-electron chi connectivity index (χ2n) is 9.58. The van der Waals surface area contributed by atoms with Crippen LogP contribution in [0.4, 0.5) is 0 Å². The molecule has 1 aromatic rings. The summed E-state index contributed by atoms with van der Waals surface area (Å²) < 4.78 is 28.4. The number of sulfonamides is 1. The van der Waals surface area contributed by atoms with Crippen LogP contribution in [0.1, 0.15) is 31.2 Å². The Hall–Kier alpha value is -3.43. The summed E-state index contributed by atoms with van der Waals surface area (Å²) in [6.45, 7) is 0.770. The van der Waals surface area contributed by atoms with Crippen LogP contribution in [-0.2, 0) is 25.4 Å². The van der Waals surface area contributed by atoms with Gasteiger partial charge in [-0.15, -0.1) is 0 Å². The monoisotopic (exact) mass is 551 g/mol. The maximum atomic E-state index is 13.2. The highest BCUT2D eigenvalue weighted by Gasteiger charge is 2.36. The Labute approximate surface area is 222 Å². The molecule has 0 aliphatic carbocycles. The van der Waals surface area contributed by atoms with E-state index in [2.05, 4.69) is 15.4 Å². The molecule has 2 heterocycles. The summed E-state index contributed by atoms with van der Waals surface area (Å²) >= 11 is 0. The Morgan fingerprint density at radius 1 is 1.05 bits per heavy atom. The minimum atomic E-state index is -3.90. The molecule has 2 aliphatic rings. The fourth-order valence-electron chi connectivity index (χ4n) is 4.79. The van der Waals surface area contributed by atoms with E-state index >= 15 is 0 Å². The average Bonchev–Trinajstić information content (AvgIpc) is 2.87. The van der Waals surface area contributed by atoms with E-state index in [4.69, 9.17) is 22.3 Å². The molecule has 3 rings (SSSR count). The number of piperidine rings is 2. The zero-order valence-electron chi connectivity index (χ0n) is 21.1. The van der Waals surface area contributed by atoms with E-state index in [-0.39, 0.29) is 23.6 Å². The number of amides is 2. The van der Waals surface area contributed by atoms with Crippen molar-refractivity contribution in [3.8, 4) is 0 Å². The smallest absolute Gasteiger partial charge is 0.239 e. The van der Waals surface area contributed by atoms with Gasteiger partial charge >= 0.3 is 0 Å². The van der Waals surface area contributed by atoms with E-state index in [1.807, 2.05) is 0 Å². The second-order valence-corrected chi connectivity index (χ2v) is 11.3. The molecule has 2 fully saturated rings. The number of aliphatic hydroxyl groups excluding tert-OH is 1. The van der Waals surface area contributed by atoms with Crippen molar-refractivity contribution in [3.05, 3.63) is 35.9 Å². The zero-order chi connectivity index (χ0) is 27.9. The third kappa shape index (κ3) is 8.03. The molecule has 10 N–H and O–H groups in total. The lowest BCUT2D eigenvalue weighted by molar-refractivity contribution is -0.129. The fraction of sp³-hybridized carbons (Fsp3) is 0.565. The highest BCUT2D eigenvalue weighted by Crippen LogP contribution is 2.22. The van der Waals surface area contributed by atoms with Crippen LogP contribution >= 0.6 is 0 Å². The van der Waals surface area contributed by atoms with Crippen LogP contribution in [-0.4, -0.2) is 91.5 Å². The van der Waals surface area contributed by atoms with Gasteiger partial charge in [-0.2, -0.15) is 0 Å². The first kappa shape index (κ1) is 29.1. The maximum absolute atomic E-state index is 13.2. The fourth-order valence-corrected chi connectivity index (χ4v) is 6.19. The van der Waals surface area contributed by atoms with Gasteiger partial charge in [0, 0.05) is 19.6 Å². The molecule has 38 heavy (non-hydrogen) atoms. The average molecular weight is 552 g/mol. The number of hydrogen-bond acceptors (Lipinski definition) is 7. The van der Waals surface area contributed by atoms with Crippen molar-refractivity contribution in [3.63, 3.8) is 0 Å². The van der Waals surface area contributed by atoms with Crippen molar-refractivity contribution in [1.82, 2.24) is 25.2 Å². The van der Waals surface area contributed by atoms with E-state index in [1.165, 1.54) is 4.90 Å². The minimum absolute atomic E-state index is 0.0842. The maximum Gasteiger partial charge on any atom is 0.239 e. The van der Waals surface area contributed by atoms with Crippen LogP contribution in [0, 0.1) is 16.7 Å². The topological polar surface area (TPSA) is 231 Å².